The average Bonchev–Trinajstić information content (AvgIpc) is 2.74. The zero-order valence-corrected chi connectivity index (χ0v) is 10.7. The highest BCUT2D eigenvalue weighted by atomic mass is 35.5. The molecule has 102 valence electrons. The van der Waals surface area contributed by atoms with Gasteiger partial charge in [0.05, 0.1) is 16.4 Å². The summed E-state index contributed by atoms with van der Waals surface area (Å²) < 4.78 is 13.2. The monoisotopic (exact) mass is 286 g/mol. The predicted molar refractivity (Wildman–Crippen MR) is 67.8 cm³/mol. The van der Waals surface area contributed by atoms with E-state index in [0.29, 0.717) is 0 Å². The van der Waals surface area contributed by atoms with Gasteiger partial charge in [-0.1, -0.05) is 0 Å². The van der Waals surface area contributed by atoms with Crippen molar-refractivity contribution in [3.05, 3.63) is 39.7 Å². The Morgan fingerprint density at radius 3 is 2.74 bits per heavy atom. The van der Waals surface area contributed by atoms with E-state index < -0.39 is 22.3 Å². The Bertz CT molecular complexity index is 524. The number of nitrogens with one attached hydrogen (secondary N) is 1. The van der Waals surface area contributed by atoms with Crippen molar-refractivity contribution in [2.75, 3.05) is 0 Å². The van der Waals surface area contributed by atoms with Gasteiger partial charge in [0.2, 0.25) is 0 Å². The van der Waals surface area contributed by atoms with E-state index in [1.54, 1.807) is 0 Å². The molecule has 0 saturated heterocycles. The van der Waals surface area contributed by atoms with Gasteiger partial charge in [0.1, 0.15) is 5.82 Å². The number of benzene rings is 1. The van der Waals surface area contributed by atoms with Crippen LogP contribution in [-0.2, 0) is 0 Å². The maximum Gasteiger partial charge on any atom is 0.273 e. The van der Waals surface area contributed by atoms with Gasteiger partial charge < -0.3 is 5.32 Å². The Kier molecular flexibility index (Phi) is 3.99. The number of nitro groups is 1. The molecule has 0 aliphatic heterocycles. The highest BCUT2D eigenvalue weighted by Crippen LogP contribution is 2.24. The summed E-state index contributed by atoms with van der Waals surface area (Å²) in [6.07, 6.45) is 2.50. The topological polar surface area (TPSA) is 72.2 Å². The van der Waals surface area contributed by atoms with Crippen LogP contribution in [0.1, 0.15) is 29.6 Å². The molecule has 2 atom stereocenters. The van der Waals surface area contributed by atoms with Crippen LogP contribution in [0, 0.1) is 15.9 Å². The second-order valence-electron chi connectivity index (χ2n) is 4.48. The minimum Gasteiger partial charge on any atom is -0.348 e. The quantitative estimate of drug-likeness (QED) is 0.527. The fourth-order valence-corrected chi connectivity index (χ4v) is 2.48. The van der Waals surface area contributed by atoms with Crippen LogP contribution in [-0.4, -0.2) is 22.2 Å². The molecular weight excluding hydrogens is 275 g/mol. The van der Waals surface area contributed by atoms with Crippen LogP contribution in [0.3, 0.4) is 0 Å². The molecule has 1 amide bonds. The number of rotatable bonds is 3. The van der Waals surface area contributed by atoms with E-state index in [9.17, 15) is 19.3 Å². The van der Waals surface area contributed by atoms with Gasteiger partial charge in [-0.3, -0.25) is 14.9 Å². The Labute approximate surface area is 113 Å². The highest BCUT2D eigenvalue weighted by Gasteiger charge is 2.27. The van der Waals surface area contributed by atoms with Crippen LogP contribution in [0.25, 0.3) is 0 Å². The standard InChI is InChI=1S/C12H12ClFN2O3/c13-10-2-1-3-11(10)15-12(17)7-4-8(14)6-9(5-7)16(18)19/h4-6,10-11H,1-3H2,(H,15,17). The van der Waals surface area contributed by atoms with Crippen molar-refractivity contribution in [3.8, 4) is 0 Å². The molecule has 1 saturated carbocycles. The van der Waals surface area contributed by atoms with E-state index in [2.05, 4.69) is 5.32 Å². The summed E-state index contributed by atoms with van der Waals surface area (Å²) in [5.41, 5.74) is -0.513. The van der Waals surface area contributed by atoms with E-state index in [1.165, 1.54) is 0 Å². The summed E-state index contributed by atoms with van der Waals surface area (Å²) in [5, 5.41) is 13.1. The summed E-state index contributed by atoms with van der Waals surface area (Å²) >= 11 is 6.03. The van der Waals surface area contributed by atoms with Crippen LogP contribution in [0.5, 0.6) is 0 Å². The fraction of sp³-hybridized carbons (Fsp3) is 0.417. The summed E-state index contributed by atoms with van der Waals surface area (Å²) in [6, 6.07) is 2.63. The molecule has 0 spiro atoms. The van der Waals surface area contributed by atoms with Crippen molar-refractivity contribution in [2.45, 2.75) is 30.7 Å². The van der Waals surface area contributed by atoms with Gasteiger partial charge in [-0.05, 0) is 25.3 Å². The molecule has 1 aliphatic rings. The Morgan fingerprint density at radius 1 is 1.42 bits per heavy atom. The molecule has 1 aromatic rings. The van der Waals surface area contributed by atoms with Gasteiger partial charge in [-0.2, -0.15) is 0 Å². The van der Waals surface area contributed by atoms with Crippen LogP contribution in [0.15, 0.2) is 18.2 Å². The summed E-state index contributed by atoms with van der Waals surface area (Å²) in [6.45, 7) is 0. The van der Waals surface area contributed by atoms with Gasteiger partial charge in [0, 0.05) is 17.7 Å². The predicted octanol–water partition coefficient (Wildman–Crippen LogP) is 2.62. The number of nitrogens with zero attached hydrogens (tertiary/aromatic N) is 1. The lowest BCUT2D eigenvalue weighted by atomic mass is 10.1. The zero-order chi connectivity index (χ0) is 14.0. The average molecular weight is 287 g/mol. The molecule has 5 nitrogen and oxygen atoms in total. The highest BCUT2D eigenvalue weighted by molar-refractivity contribution is 6.21. The van der Waals surface area contributed by atoms with Gasteiger partial charge in [0.25, 0.3) is 11.6 Å². The van der Waals surface area contributed by atoms with Crippen LogP contribution in [0.4, 0.5) is 10.1 Å². The SMILES string of the molecule is O=C(NC1CCCC1Cl)c1cc(F)cc([N+](=O)[O-])c1. The molecule has 0 bridgehead atoms. The molecule has 1 aromatic carbocycles. The number of hydrogen-bond donors (Lipinski definition) is 1. The number of non-ortho nitro benzene ring substituents is 1. The second-order valence-corrected chi connectivity index (χ2v) is 5.04. The Balaban J connectivity index is 2.16. The molecule has 2 rings (SSSR count). The first-order valence-electron chi connectivity index (χ1n) is 5.87. The molecular formula is C12H12ClFN2O3. The van der Waals surface area contributed by atoms with Crippen LogP contribution >= 0.6 is 11.6 Å². The first-order chi connectivity index (χ1) is 8.97. The molecule has 0 heterocycles. The third kappa shape index (κ3) is 3.20. The number of nitro benzene ring substituents is 1. The molecule has 2 unspecified atom stereocenters. The van der Waals surface area contributed by atoms with E-state index >= 15 is 0 Å². The lowest BCUT2D eigenvalue weighted by molar-refractivity contribution is -0.385. The van der Waals surface area contributed by atoms with Crippen molar-refractivity contribution < 1.29 is 14.1 Å². The summed E-state index contributed by atoms with van der Waals surface area (Å²) in [5.74, 6) is -1.35. The van der Waals surface area contributed by atoms with Gasteiger partial charge in [0.15, 0.2) is 0 Å². The minimum atomic E-state index is -0.812. The minimum absolute atomic E-state index is 0.0672. The molecule has 7 heteroatoms. The Hall–Kier alpha value is -1.69. The number of alkyl halides is 1. The molecule has 0 radical (unpaired) electrons. The lowest BCUT2D eigenvalue weighted by Gasteiger charge is -2.15. The van der Waals surface area contributed by atoms with Crippen molar-refractivity contribution in [1.29, 1.82) is 0 Å². The number of amides is 1. The van der Waals surface area contributed by atoms with Crippen molar-refractivity contribution >= 4 is 23.2 Å². The van der Waals surface area contributed by atoms with Crippen molar-refractivity contribution in [2.24, 2.45) is 0 Å². The molecule has 1 N–H and O–H groups in total. The number of hydrogen-bond acceptors (Lipinski definition) is 3. The fourth-order valence-electron chi connectivity index (χ4n) is 2.14. The van der Waals surface area contributed by atoms with E-state index in [4.69, 9.17) is 11.6 Å². The maximum atomic E-state index is 13.2. The Morgan fingerprint density at radius 2 is 2.16 bits per heavy atom. The van der Waals surface area contributed by atoms with Crippen LogP contribution in [0.2, 0.25) is 0 Å². The van der Waals surface area contributed by atoms with Gasteiger partial charge >= 0.3 is 0 Å². The molecule has 0 aromatic heterocycles. The first-order valence-corrected chi connectivity index (χ1v) is 6.31. The third-order valence-electron chi connectivity index (χ3n) is 3.10. The maximum absolute atomic E-state index is 13.2. The third-order valence-corrected chi connectivity index (χ3v) is 3.63. The van der Waals surface area contributed by atoms with Gasteiger partial charge in [-0.15, -0.1) is 11.6 Å². The molecule has 19 heavy (non-hydrogen) atoms. The largest absolute Gasteiger partial charge is 0.348 e. The van der Waals surface area contributed by atoms with E-state index in [-0.39, 0.29) is 17.0 Å². The number of carbonyl (C=O) groups is 1. The zero-order valence-electron chi connectivity index (χ0n) is 9.94. The first kappa shape index (κ1) is 13.7. The van der Waals surface area contributed by atoms with Crippen molar-refractivity contribution in [3.63, 3.8) is 0 Å². The van der Waals surface area contributed by atoms with Gasteiger partial charge in [-0.25, -0.2) is 4.39 Å². The van der Waals surface area contributed by atoms with Crippen molar-refractivity contribution in [1.82, 2.24) is 5.32 Å². The molecule has 1 fully saturated rings. The molecule has 1 aliphatic carbocycles. The van der Waals surface area contributed by atoms with E-state index in [0.717, 1.165) is 37.5 Å². The second kappa shape index (κ2) is 5.52. The number of halogens is 2. The lowest BCUT2D eigenvalue weighted by Crippen LogP contribution is -2.37. The smallest absolute Gasteiger partial charge is 0.273 e. The number of carbonyl (C=O) groups excluding carboxylic acids is 1. The summed E-state index contributed by atoms with van der Waals surface area (Å²) in [7, 11) is 0. The summed E-state index contributed by atoms with van der Waals surface area (Å²) in [4.78, 5) is 21.8. The van der Waals surface area contributed by atoms with Crippen LogP contribution < -0.4 is 5.32 Å². The van der Waals surface area contributed by atoms with E-state index in [1.807, 2.05) is 0 Å². The normalized spacial score (nSPS) is 22.2.